The maximum atomic E-state index is 5.95. The Morgan fingerprint density at radius 2 is 2.00 bits per heavy atom. The molecule has 21 heavy (non-hydrogen) atoms. The maximum absolute atomic E-state index is 5.95. The van der Waals surface area contributed by atoms with Crippen LogP contribution in [-0.4, -0.2) is 19.3 Å². The molecule has 2 unspecified atom stereocenters. The van der Waals surface area contributed by atoms with Gasteiger partial charge < -0.3 is 14.5 Å². The zero-order valence-corrected chi connectivity index (χ0v) is 14.7. The van der Waals surface area contributed by atoms with E-state index in [-0.39, 0.29) is 6.04 Å². The van der Waals surface area contributed by atoms with E-state index in [9.17, 15) is 0 Å². The highest BCUT2D eigenvalue weighted by Gasteiger charge is 2.19. The fraction of sp³-hybridized carbons (Fsp3) is 0.529. The Balaban J connectivity index is 2.11. The van der Waals surface area contributed by atoms with Gasteiger partial charge in [0.2, 0.25) is 0 Å². The number of hydrogen-bond acceptors (Lipinski definition) is 3. The molecule has 116 valence electrons. The summed E-state index contributed by atoms with van der Waals surface area (Å²) in [6.45, 7) is 10.0. The molecule has 0 aliphatic rings. The van der Waals surface area contributed by atoms with E-state index < -0.39 is 0 Å². The quantitative estimate of drug-likeness (QED) is 0.767. The molecule has 0 spiro atoms. The average molecular weight is 354 g/mol. The van der Waals surface area contributed by atoms with Crippen LogP contribution in [0.25, 0.3) is 11.0 Å². The first-order chi connectivity index (χ1) is 10.0. The van der Waals surface area contributed by atoms with Gasteiger partial charge in [0.05, 0.1) is 12.6 Å². The lowest BCUT2D eigenvalue weighted by Gasteiger charge is -2.25. The van der Waals surface area contributed by atoms with Crippen LogP contribution in [0, 0.1) is 5.92 Å². The van der Waals surface area contributed by atoms with Gasteiger partial charge in [0.15, 0.2) is 0 Å². The van der Waals surface area contributed by atoms with Gasteiger partial charge in [-0.05, 0) is 44.0 Å². The summed E-state index contributed by atoms with van der Waals surface area (Å²) in [5.41, 5.74) is 0.924. The van der Waals surface area contributed by atoms with Crippen molar-refractivity contribution in [3.63, 3.8) is 0 Å². The van der Waals surface area contributed by atoms with E-state index in [0.29, 0.717) is 12.0 Å². The first-order valence-corrected chi connectivity index (χ1v) is 8.33. The maximum Gasteiger partial charge on any atom is 0.134 e. The number of nitrogens with one attached hydrogen (secondary N) is 1. The third-order valence-corrected chi connectivity index (χ3v) is 4.19. The molecule has 3 nitrogen and oxygen atoms in total. The second-order valence-electron chi connectivity index (χ2n) is 5.73. The van der Waals surface area contributed by atoms with E-state index in [0.717, 1.165) is 34.4 Å². The molecule has 2 rings (SSSR count). The second-order valence-corrected chi connectivity index (χ2v) is 6.64. The molecule has 0 bridgehead atoms. The van der Waals surface area contributed by atoms with Gasteiger partial charge in [-0.3, -0.25) is 0 Å². The van der Waals surface area contributed by atoms with Gasteiger partial charge in [-0.2, -0.15) is 0 Å². The van der Waals surface area contributed by atoms with Crippen LogP contribution in [0.1, 0.15) is 39.5 Å². The van der Waals surface area contributed by atoms with Crippen molar-refractivity contribution in [1.29, 1.82) is 0 Å². The molecule has 1 heterocycles. The zero-order valence-electron chi connectivity index (χ0n) is 13.2. The van der Waals surface area contributed by atoms with Crippen molar-refractivity contribution < 1.29 is 9.15 Å². The molecule has 0 amide bonds. The van der Waals surface area contributed by atoms with E-state index in [4.69, 9.17) is 9.15 Å². The van der Waals surface area contributed by atoms with E-state index in [1.54, 1.807) is 0 Å². The molecule has 0 aliphatic heterocycles. The Morgan fingerprint density at radius 3 is 2.67 bits per heavy atom. The summed E-state index contributed by atoms with van der Waals surface area (Å²) < 4.78 is 12.6. The SMILES string of the molecule is CCOCC(NC(C)c1cc2cc(Br)ccc2o1)C(C)C. The molecular weight excluding hydrogens is 330 g/mol. The van der Waals surface area contributed by atoms with Gasteiger partial charge in [0.25, 0.3) is 0 Å². The third-order valence-electron chi connectivity index (χ3n) is 3.69. The Morgan fingerprint density at radius 1 is 1.24 bits per heavy atom. The van der Waals surface area contributed by atoms with E-state index >= 15 is 0 Å². The Labute approximate surface area is 135 Å². The monoisotopic (exact) mass is 353 g/mol. The fourth-order valence-electron chi connectivity index (χ4n) is 2.33. The molecule has 2 aromatic rings. The summed E-state index contributed by atoms with van der Waals surface area (Å²) in [5, 5.41) is 4.74. The predicted molar refractivity (Wildman–Crippen MR) is 90.6 cm³/mol. The van der Waals surface area contributed by atoms with Crippen molar-refractivity contribution in [3.05, 3.63) is 34.5 Å². The number of fused-ring (bicyclic) bond motifs is 1. The van der Waals surface area contributed by atoms with Gasteiger partial charge in [-0.25, -0.2) is 0 Å². The first kappa shape index (κ1) is 16.5. The number of hydrogen-bond donors (Lipinski definition) is 1. The first-order valence-electron chi connectivity index (χ1n) is 7.54. The van der Waals surface area contributed by atoms with Crippen LogP contribution >= 0.6 is 15.9 Å². The lowest BCUT2D eigenvalue weighted by Crippen LogP contribution is -2.39. The summed E-state index contributed by atoms with van der Waals surface area (Å²) in [7, 11) is 0. The van der Waals surface area contributed by atoms with E-state index in [1.807, 2.05) is 19.1 Å². The average Bonchev–Trinajstić information content (AvgIpc) is 2.85. The summed E-state index contributed by atoms with van der Waals surface area (Å²) in [5.74, 6) is 1.47. The number of rotatable bonds is 7. The van der Waals surface area contributed by atoms with Crippen LogP contribution in [0.3, 0.4) is 0 Å². The molecule has 0 fully saturated rings. The van der Waals surface area contributed by atoms with Gasteiger partial charge in [-0.15, -0.1) is 0 Å². The third kappa shape index (κ3) is 4.31. The normalized spacial score (nSPS) is 14.8. The van der Waals surface area contributed by atoms with E-state index in [1.165, 1.54) is 0 Å². The van der Waals surface area contributed by atoms with Gasteiger partial charge in [-0.1, -0.05) is 29.8 Å². The summed E-state index contributed by atoms with van der Waals surface area (Å²) >= 11 is 3.49. The molecule has 1 aromatic heterocycles. The largest absolute Gasteiger partial charge is 0.459 e. The van der Waals surface area contributed by atoms with Gasteiger partial charge >= 0.3 is 0 Å². The molecule has 0 radical (unpaired) electrons. The summed E-state index contributed by atoms with van der Waals surface area (Å²) in [4.78, 5) is 0. The molecule has 0 saturated carbocycles. The fourth-order valence-corrected chi connectivity index (χ4v) is 2.71. The molecule has 2 atom stereocenters. The van der Waals surface area contributed by atoms with Crippen molar-refractivity contribution in [2.75, 3.05) is 13.2 Å². The molecule has 1 aromatic carbocycles. The van der Waals surface area contributed by atoms with Gasteiger partial charge in [0.1, 0.15) is 11.3 Å². The molecule has 0 aliphatic carbocycles. The van der Waals surface area contributed by atoms with Crippen LogP contribution in [0.4, 0.5) is 0 Å². The topological polar surface area (TPSA) is 34.4 Å². The number of benzene rings is 1. The van der Waals surface area contributed by atoms with Crippen LogP contribution in [0.5, 0.6) is 0 Å². The minimum Gasteiger partial charge on any atom is -0.459 e. The summed E-state index contributed by atoms with van der Waals surface area (Å²) in [6, 6.07) is 8.66. The second kappa shape index (κ2) is 7.43. The number of furan rings is 1. The highest BCUT2D eigenvalue weighted by atomic mass is 79.9. The molecule has 1 N–H and O–H groups in total. The minimum atomic E-state index is 0.157. The smallest absolute Gasteiger partial charge is 0.134 e. The molecule has 0 saturated heterocycles. The van der Waals surface area contributed by atoms with Crippen molar-refractivity contribution >= 4 is 26.9 Å². The van der Waals surface area contributed by atoms with Crippen molar-refractivity contribution in [1.82, 2.24) is 5.32 Å². The highest BCUT2D eigenvalue weighted by molar-refractivity contribution is 9.10. The van der Waals surface area contributed by atoms with Crippen molar-refractivity contribution in [2.45, 2.75) is 39.8 Å². The lowest BCUT2D eigenvalue weighted by molar-refractivity contribution is 0.103. The summed E-state index contributed by atoms with van der Waals surface area (Å²) in [6.07, 6.45) is 0. The number of halogens is 1. The van der Waals surface area contributed by atoms with Crippen LogP contribution in [-0.2, 0) is 4.74 Å². The van der Waals surface area contributed by atoms with E-state index in [2.05, 4.69) is 54.2 Å². The standard InChI is InChI=1S/C17H24BrNO2/c1-5-20-10-15(11(2)3)19-12(4)17-9-13-8-14(18)6-7-16(13)21-17/h6-9,11-12,15,19H,5,10H2,1-4H3. The zero-order chi connectivity index (χ0) is 15.4. The molecule has 4 heteroatoms. The van der Waals surface area contributed by atoms with Crippen molar-refractivity contribution in [2.24, 2.45) is 5.92 Å². The van der Waals surface area contributed by atoms with Crippen LogP contribution in [0.15, 0.2) is 33.2 Å². The Hall–Kier alpha value is -0.840. The van der Waals surface area contributed by atoms with Gasteiger partial charge in [0, 0.05) is 22.5 Å². The highest BCUT2D eigenvalue weighted by Crippen LogP contribution is 2.27. The van der Waals surface area contributed by atoms with Crippen molar-refractivity contribution in [3.8, 4) is 0 Å². The van der Waals surface area contributed by atoms with Crippen LogP contribution < -0.4 is 5.32 Å². The lowest BCUT2D eigenvalue weighted by atomic mass is 10.0. The predicted octanol–water partition coefficient (Wildman–Crippen LogP) is 4.91. The Bertz CT molecular complexity index is 579. The Kier molecular flexibility index (Phi) is 5.85. The van der Waals surface area contributed by atoms with Crippen LogP contribution in [0.2, 0.25) is 0 Å². The number of ether oxygens (including phenoxy) is 1. The minimum absolute atomic E-state index is 0.157. The molecular formula is C17H24BrNO2.